The van der Waals surface area contributed by atoms with Gasteiger partial charge in [-0.3, -0.25) is 25.5 Å². The van der Waals surface area contributed by atoms with Crippen molar-refractivity contribution in [2.45, 2.75) is 64.7 Å². The van der Waals surface area contributed by atoms with Gasteiger partial charge in [0.25, 0.3) is 0 Å². The summed E-state index contributed by atoms with van der Waals surface area (Å²) in [7, 11) is 0. The van der Waals surface area contributed by atoms with Crippen molar-refractivity contribution >= 4 is 48.1 Å². The third-order valence-corrected chi connectivity index (χ3v) is 10.2. The lowest BCUT2D eigenvalue weighted by Crippen LogP contribution is -2.50. The van der Waals surface area contributed by atoms with Crippen molar-refractivity contribution in [2.24, 2.45) is 15.7 Å². The van der Waals surface area contributed by atoms with Crippen LogP contribution in [0, 0.1) is 0 Å². The second-order valence-corrected chi connectivity index (χ2v) is 16.1. The summed E-state index contributed by atoms with van der Waals surface area (Å²) in [6, 6.07) is 50.1. The Morgan fingerprint density at radius 1 is 0.514 bits per heavy atom. The van der Waals surface area contributed by atoms with Gasteiger partial charge in [-0.25, -0.2) is 24.2 Å². The van der Waals surface area contributed by atoms with E-state index in [0.717, 1.165) is 34.2 Å². The average Bonchev–Trinajstić information content (AvgIpc) is 3.41. The Labute approximate surface area is 428 Å². The number of nitrogens with one attached hydrogen (secondary N) is 5. The van der Waals surface area contributed by atoms with Crippen LogP contribution in [-0.2, 0) is 67.8 Å². The van der Waals surface area contributed by atoms with Gasteiger partial charge >= 0.3 is 24.4 Å². The largest absolute Gasteiger partial charge is 0.508 e. The van der Waals surface area contributed by atoms with E-state index in [1.54, 1.807) is 79.7 Å². The topological polar surface area (TPSA) is 270 Å². The van der Waals surface area contributed by atoms with Gasteiger partial charge in [-0.05, 0) is 65.3 Å². The van der Waals surface area contributed by atoms with Crippen LogP contribution in [0.15, 0.2) is 186 Å². The normalized spacial score (nSPS) is 11.3. The maximum atomic E-state index is 13.6. The number of aryl methyl sites for hydroxylation is 1. The highest BCUT2D eigenvalue weighted by atomic mass is 16.6. The summed E-state index contributed by atoms with van der Waals surface area (Å²) in [5, 5.41) is 22.2. The zero-order valence-corrected chi connectivity index (χ0v) is 40.6. The minimum atomic E-state index is -1.24. The standard InChI is InChI=1S/C38H41N5O7.C17H17N3O4/c1-27(34(45)39-23-11-18-28-12-5-2-6-13-28)40-35(46)33(24-29-19-21-32(44)22-20-29)41-36(42-37(47)49-25-30-14-7-3-8-15-30)43-38(48)50-26-31-16-9-4-10-17-31;18-15(19-16(21)23-11-13-7-3-1-4-8-13)20-17(22)24-12-14-9-5-2-6-10-14/h2-10,12-17,19-22,27,33,44H,11,18,23-26H2,1H3,(H,39,45)(H,40,46)(H2,41,42,43,47,48);1-10H,11-12H2,(H3,18,19,20,21,22)/t27-,33+;/m1./s1. The fourth-order valence-electron chi connectivity index (χ4n) is 6.43. The molecule has 0 saturated carbocycles. The van der Waals surface area contributed by atoms with Crippen LogP contribution in [0.5, 0.6) is 5.75 Å². The molecule has 0 bridgehead atoms. The van der Waals surface area contributed by atoms with E-state index in [2.05, 4.69) is 36.6 Å². The van der Waals surface area contributed by atoms with Crippen LogP contribution in [0.4, 0.5) is 19.2 Å². The van der Waals surface area contributed by atoms with Gasteiger partial charge in [-0.1, -0.05) is 164 Å². The molecule has 0 radical (unpaired) electrons. The van der Waals surface area contributed by atoms with Gasteiger partial charge in [0.15, 0.2) is 0 Å². The van der Waals surface area contributed by atoms with Crippen molar-refractivity contribution in [2.75, 3.05) is 6.54 Å². The van der Waals surface area contributed by atoms with Crippen LogP contribution in [-0.4, -0.2) is 71.8 Å². The van der Waals surface area contributed by atoms with E-state index in [9.17, 15) is 33.9 Å². The summed E-state index contributed by atoms with van der Waals surface area (Å²) in [4.78, 5) is 83.0. The van der Waals surface area contributed by atoms with E-state index in [4.69, 9.17) is 24.7 Å². The Balaban J connectivity index is 0.000000352. The van der Waals surface area contributed by atoms with Crippen molar-refractivity contribution in [1.82, 2.24) is 26.6 Å². The van der Waals surface area contributed by atoms with Crippen LogP contribution in [0.25, 0.3) is 0 Å². The first-order valence-corrected chi connectivity index (χ1v) is 23.3. The lowest BCUT2D eigenvalue weighted by molar-refractivity contribution is -0.129. The number of alkyl carbamates (subject to hydrolysis) is 3. The molecule has 0 spiro atoms. The smallest absolute Gasteiger partial charge is 0.437 e. The summed E-state index contributed by atoms with van der Waals surface area (Å²) in [5.41, 5.74) is 10.3. The Morgan fingerprint density at radius 2 is 0.919 bits per heavy atom. The van der Waals surface area contributed by atoms with E-state index in [1.807, 2.05) is 91.0 Å². The van der Waals surface area contributed by atoms with Crippen molar-refractivity contribution in [3.8, 4) is 5.75 Å². The predicted octanol–water partition coefficient (Wildman–Crippen LogP) is 7.33. The summed E-state index contributed by atoms with van der Waals surface area (Å²) in [6.07, 6.45) is -2.11. The lowest BCUT2D eigenvalue weighted by atomic mass is 10.1. The molecule has 19 heteroatoms. The van der Waals surface area contributed by atoms with Crippen LogP contribution >= 0.6 is 0 Å². The highest BCUT2D eigenvalue weighted by molar-refractivity contribution is 6.02. The monoisotopic (exact) mass is 1010 g/mol. The number of nitrogens with two attached hydrogens (primary N) is 1. The molecular weight excluding hydrogens is 949 g/mol. The molecule has 0 saturated heterocycles. The predicted molar refractivity (Wildman–Crippen MR) is 276 cm³/mol. The molecule has 0 aliphatic heterocycles. The molecule has 74 heavy (non-hydrogen) atoms. The molecule has 6 aromatic rings. The third kappa shape index (κ3) is 22.1. The highest BCUT2D eigenvalue weighted by Gasteiger charge is 2.25. The number of hydrogen-bond donors (Lipinski definition) is 7. The number of hydrogen-bond acceptors (Lipinski definition) is 12. The second kappa shape index (κ2) is 31.0. The van der Waals surface area contributed by atoms with E-state index in [0.29, 0.717) is 18.5 Å². The van der Waals surface area contributed by atoms with E-state index < -0.39 is 54.3 Å². The van der Waals surface area contributed by atoms with Crippen LogP contribution in [0.3, 0.4) is 0 Å². The molecule has 0 aliphatic carbocycles. The average molecular weight is 1010 g/mol. The van der Waals surface area contributed by atoms with Gasteiger partial charge in [-0.2, -0.15) is 0 Å². The zero-order valence-electron chi connectivity index (χ0n) is 40.6. The number of amides is 6. The molecule has 0 aromatic heterocycles. The van der Waals surface area contributed by atoms with E-state index in [-0.39, 0.29) is 44.5 Å². The number of benzene rings is 6. The number of carbonyl (C=O) groups is 6. The number of phenolic OH excluding ortho intramolecular Hbond substituents is 1. The first-order chi connectivity index (χ1) is 35.9. The third-order valence-electron chi connectivity index (χ3n) is 10.2. The minimum absolute atomic E-state index is 0.0114. The molecule has 2 atom stereocenters. The molecule has 19 nitrogen and oxygen atoms in total. The molecule has 384 valence electrons. The minimum Gasteiger partial charge on any atom is -0.508 e. The summed E-state index contributed by atoms with van der Waals surface area (Å²) in [5.74, 6) is -1.81. The van der Waals surface area contributed by atoms with E-state index in [1.165, 1.54) is 12.1 Å². The number of rotatable bonds is 18. The molecule has 6 rings (SSSR count). The number of carbonyl (C=O) groups excluding carboxylic acids is 6. The van der Waals surface area contributed by atoms with Gasteiger partial charge in [0.1, 0.15) is 44.3 Å². The summed E-state index contributed by atoms with van der Waals surface area (Å²) >= 11 is 0. The van der Waals surface area contributed by atoms with Gasteiger partial charge in [0.2, 0.25) is 23.7 Å². The summed E-state index contributed by atoms with van der Waals surface area (Å²) in [6.45, 7) is 1.98. The molecule has 0 fully saturated rings. The SMILES string of the molecule is C[C@@H](NC(=O)[C@H](Cc1ccc(O)cc1)N=C(NC(=O)OCc1ccccc1)NC(=O)OCc1ccccc1)C(=O)NCCCc1ccccc1.N/C(=N/C(=O)OCc1ccccc1)NC(=O)OCc1ccccc1. The number of guanidine groups is 2. The Kier molecular flexibility index (Phi) is 23.2. The van der Waals surface area contributed by atoms with E-state index >= 15 is 0 Å². The van der Waals surface area contributed by atoms with Crippen molar-refractivity contribution in [1.29, 1.82) is 0 Å². The molecule has 6 amide bonds. The van der Waals surface area contributed by atoms with Gasteiger partial charge in [0.05, 0.1) is 0 Å². The fraction of sp³-hybridized carbons (Fsp3) is 0.200. The van der Waals surface area contributed by atoms with Gasteiger partial charge in [-0.15, -0.1) is 4.99 Å². The molecule has 0 heterocycles. The number of ether oxygens (including phenoxy) is 4. The Morgan fingerprint density at radius 3 is 1.36 bits per heavy atom. The first-order valence-electron chi connectivity index (χ1n) is 23.3. The lowest BCUT2D eigenvalue weighted by Gasteiger charge is -2.19. The zero-order chi connectivity index (χ0) is 52.8. The Hall–Kier alpha value is -9.52. The quantitative estimate of drug-likeness (QED) is 0.0193. The molecule has 0 unspecified atom stereocenters. The van der Waals surface area contributed by atoms with Gasteiger partial charge in [0, 0.05) is 13.0 Å². The highest BCUT2D eigenvalue weighted by Crippen LogP contribution is 2.14. The number of aliphatic imine (C=N–C) groups is 2. The van der Waals surface area contributed by atoms with Crippen LogP contribution in [0.2, 0.25) is 0 Å². The number of nitrogens with zero attached hydrogens (tertiary/aromatic N) is 2. The van der Waals surface area contributed by atoms with Crippen molar-refractivity contribution in [3.05, 3.63) is 209 Å². The Bertz CT molecular complexity index is 2690. The molecule has 8 N–H and O–H groups in total. The molecular formula is C55H58N8O11. The molecule has 6 aromatic carbocycles. The van der Waals surface area contributed by atoms with Crippen molar-refractivity contribution in [3.63, 3.8) is 0 Å². The van der Waals surface area contributed by atoms with Gasteiger partial charge < -0.3 is 40.4 Å². The maximum Gasteiger partial charge on any atom is 0.437 e. The number of aromatic hydroxyl groups is 1. The fourth-order valence-corrected chi connectivity index (χ4v) is 6.43. The summed E-state index contributed by atoms with van der Waals surface area (Å²) < 4.78 is 20.5. The maximum absolute atomic E-state index is 13.6. The first kappa shape index (κ1) is 55.4. The van der Waals surface area contributed by atoms with Crippen LogP contribution in [0.1, 0.15) is 46.7 Å². The second-order valence-electron chi connectivity index (χ2n) is 16.1. The molecule has 0 aliphatic rings. The van der Waals surface area contributed by atoms with Crippen LogP contribution < -0.4 is 32.3 Å². The number of phenols is 1. The van der Waals surface area contributed by atoms with Crippen molar-refractivity contribution < 1.29 is 52.8 Å².